The lowest BCUT2D eigenvalue weighted by atomic mass is 9.87. The van der Waals surface area contributed by atoms with Gasteiger partial charge in [-0.1, -0.05) is 24.3 Å². The zero-order valence-electron chi connectivity index (χ0n) is 26.6. The molecule has 0 saturated carbocycles. The molecule has 1 heterocycles. The largest absolute Gasteiger partial charge is 0.504 e. The molecule has 16 heteroatoms. The summed E-state index contributed by atoms with van der Waals surface area (Å²) in [5.41, 5.74) is 0.445. The highest BCUT2D eigenvalue weighted by Crippen LogP contribution is 2.53. The van der Waals surface area contributed by atoms with Gasteiger partial charge >= 0.3 is 23.9 Å². The topological polar surface area (TPSA) is 278 Å². The Morgan fingerprint density at radius 1 is 0.635 bits per heavy atom. The van der Waals surface area contributed by atoms with E-state index in [-0.39, 0.29) is 40.0 Å². The molecule has 1 aliphatic heterocycles. The Hall–Kier alpha value is -7.10. The molecule has 0 aliphatic carbocycles. The van der Waals surface area contributed by atoms with Crippen molar-refractivity contribution in [2.24, 2.45) is 0 Å². The fraction of sp³-hybridized carbons (Fsp3) is 0.167. The maximum Gasteiger partial charge on any atom is 0.345 e. The van der Waals surface area contributed by atoms with Crippen molar-refractivity contribution in [1.82, 2.24) is 0 Å². The van der Waals surface area contributed by atoms with E-state index in [9.17, 15) is 65.1 Å². The van der Waals surface area contributed by atoms with Gasteiger partial charge in [0, 0.05) is 24.5 Å². The van der Waals surface area contributed by atoms with Crippen LogP contribution in [-0.4, -0.2) is 82.0 Å². The molecule has 4 aromatic rings. The standard InChI is InChI=1S/C36H30O16/c37-20-6-1-16(11-24(20)41)13-27(34(45)46)50-29(44)10-5-18-3-9-23(40)33-30(18)31(32(52-33)19-4-8-22(39)26(43)15-19)36(49)51-28(35(47)48)14-17-2-7-21(38)25(42)12-17/h1-12,15,27-28,31-32,37-43H,13-14H2,(H,45,46)(H,47,48)/b10-5+/t27-,28-,31+,32+/m1/s1. The van der Waals surface area contributed by atoms with Crippen LogP contribution < -0.4 is 4.74 Å². The van der Waals surface area contributed by atoms with Gasteiger partial charge in [0.05, 0.1) is 0 Å². The molecule has 0 unspecified atom stereocenters. The molecule has 9 N–H and O–H groups in total. The minimum atomic E-state index is -1.84. The van der Waals surface area contributed by atoms with E-state index in [2.05, 4.69) is 0 Å². The molecule has 5 rings (SSSR count). The number of carbonyl (C=O) groups is 4. The second kappa shape index (κ2) is 14.8. The maximum absolute atomic E-state index is 13.9. The Morgan fingerprint density at radius 3 is 1.65 bits per heavy atom. The summed E-state index contributed by atoms with van der Waals surface area (Å²) in [6.07, 6.45) is -3.85. The van der Waals surface area contributed by atoms with E-state index in [1.807, 2.05) is 0 Å². The van der Waals surface area contributed by atoms with Crippen molar-refractivity contribution in [3.63, 3.8) is 0 Å². The molecule has 0 spiro atoms. The zero-order valence-corrected chi connectivity index (χ0v) is 26.6. The van der Waals surface area contributed by atoms with Crippen LogP contribution in [0.1, 0.15) is 39.8 Å². The number of esters is 2. The number of aliphatic carboxylic acids is 2. The number of benzene rings is 4. The number of rotatable bonds is 12. The van der Waals surface area contributed by atoms with Crippen LogP contribution in [0.4, 0.5) is 0 Å². The summed E-state index contributed by atoms with van der Waals surface area (Å²) < 4.78 is 16.5. The SMILES string of the molecule is O=C(/C=C/c1ccc(O)c2c1[C@H](C(=O)O[C@H](Cc1ccc(O)c(O)c1)C(=O)O)[C@H](c1ccc(O)c(O)c1)O2)O[C@H](Cc1ccc(O)c(O)c1)C(=O)O. The lowest BCUT2D eigenvalue weighted by molar-refractivity contribution is -0.166. The normalized spacial score (nSPS) is 16.0. The van der Waals surface area contributed by atoms with E-state index >= 15 is 0 Å². The molecule has 0 fully saturated rings. The molecule has 0 saturated heterocycles. The summed E-state index contributed by atoms with van der Waals surface area (Å²) >= 11 is 0. The summed E-state index contributed by atoms with van der Waals surface area (Å²) in [5.74, 6) is -10.8. The van der Waals surface area contributed by atoms with E-state index < -0.39 is 94.8 Å². The molecule has 16 nitrogen and oxygen atoms in total. The number of phenolic OH excluding ortho intramolecular Hbond substituents is 7. The first-order valence-electron chi connectivity index (χ1n) is 15.2. The van der Waals surface area contributed by atoms with Gasteiger partial charge < -0.3 is 60.2 Å². The van der Waals surface area contributed by atoms with Gasteiger partial charge in [-0.25, -0.2) is 14.4 Å². The number of hydrogen-bond acceptors (Lipinski definition) is 14. The number of ether oxygens (including phenoxy) is 3. The molecule has 0 bridgehead atoms. The first-order valence-corrected chi connectivity index (χ1v) is 15.2. The summed E-state index contributed by atoms with van der Waals surface area (Å²) in [4.78, 5) is 50.9. The van der Waals surface area contributed by atoms with Gasteiger partial charge in [0.25, 0.3) is 0 Å². The van der Waals surface area contributed by atoms with E-state index in [0.29, 0.717) is 0 Å². The van der Waals surface area contributed by atoms with Gasteiger partial charge in [-0.05, 0) is 70.8 Å². The fourth-order valence-corrected chi connectivity index (χ4v) is 5.49. The van der Waals surface area contributed by atoms with Crippen molar-refractivity contribution >= 4 is 30.0 Å². The minimum absolute atomic E-state index is 0.0443. The van der Waals surface area contributed by atoms with Crippen molar-refractivity contribution in [2.75, 3.05) is 0 Å². The Morgan fingerprint density at radius 2 is 1.13 bits per heavy atom. The highest BCUT2D eigenvalue weighted by molar-refractivity contribution is 5.92. The van der Waals surface area contributed by atoms with Gasteiger partial charge in [0.15, 0.2) is 46.0 Å². The zero-order chi connectivity index (χ0) is 37.9. The Balaban J connectivity index is 1.47. The molecule has 4 atom stereocenters. The molecular weight excluding hydrogens is 688 g/mol. The van der Waals surface area contributed by atoms with Crippen LogP contribution in [0.5, 0.6) is 46.0 Å². The van der Waals surface area contributed by atoms with Crippen LogP contribution in [0, 0.1) is 0 Å². The molecule has 1 aliphatic rings. The number of aromatic hydroxyl groups is 7. The first-order chi connectivity index (χ1) is 24.6. The van der Waals surface area contributed by atoms with Crippen LogP contribution in [0.3, 0.4) is 0 Å². The second-order valence-corrected chi connectivity index (χ2v) is 11.6. The third-order valence-electron chi connectivity index (χ3n) is 8.04. The van der Waals surface area contributed by atoms with Crippen molar-refractivity contribution in [3.8, 4) is 46.0 Å². The Labute approximate surface area is 292 Å². The van der Waals surface area contributed by atoms with E-state index in [4.69, 9.17) is 14.2 Å². The van der Waals surface area contributed by atoms with Crippen molar-refractivity contribution in [1.29, 1.82) is 0 Å². The Kier molecular flexibility index (Phi) is 10.3. The molecule has 0 aromatic heterocycles. The summed E-state index contributed by atoms with van der Waals surface area (Å²) in [7, 11) is 0. The number of carboxylic acids is 2. The van der Waals surface area contributed by atoms with Crippen LogP contribution in [-0.2, 0) is 41.5 Å². The van der Waals surface area contributed by atoms with E-state index in [1.165, 1.54) is 24.3 Å². The molecule has 4 aromatic carbocycles. The lowest BCUT2D eigenvalue weighted by Crippen LogP contribution is -2.33. The lowest BCUT2D eigenvalue weighted by Gasteiger charge is -2.22. The van der Waals surface area contributed by atoms with Gasteiger partial charge in [0.1, 0.15) is 12.0 Å². The minimum Gasteiger partial charge on any atom is -0.504 e. The van der Waals surface area contributed by atoms with Crippen molar-refractivity contribution in [2.45, 2.75) is 37.1 Å². The van der Waals surface area contributed by atoms with E-state index in [1.54, 1.807) is 0 Å². The van der Waals surface area contributed by atoms with Crippen LogP contribution in [0.15, 0.2) is 72.8 Å². The molecule has 52 heavy (non-hydrogen) atoms. The number of phenols is 7. The highest BCUT2D eigenvalue weighted by atomic mass is 16.6. The Bertz CT molecular complexity index is 2090. The fourth-order valence-electron chi connectivity index (χ4n) is 5.49. The quantitative estimate of drug-likeness (QED) is 0.0577. The van der Waals surface area contributed by atoms with Gasteiger partial charge in [-0.2, -0.15) is 0 Å². The molecule has 0 amide bonds. The van der Waals surface area contributed by atoms with E-state index in [0.717, 1.165) is 54.6 Å². The van der Waals surface area contributed by atoms with Gasteiger partial charge in [0.2, 0.25) is 12.2 Å². The van der Waals surface area contributed by atoms with Crippen LogP contribution >= 0.6 is 0 Å². The third-order valence-corrected chi connectivity index (χ3v) is 8.04. The number of carboxylic acid groups (broad SMARTS) is 2. The summed E-state index contributed by atoms with van der Waals surface area (Å²) in [6, 6.07) is 13.0. The van der Waals surface area contributed by atoms with Gasteiger partial charge in [-0.3, -0.25) is 4.79 Å². The average Bonchev–Trinajstić information content (AvgIpc) is 3.50. The maximum atomic E-state index is 13.9. The molecule has 0 radical (unpaired) electrons. The van der Waals surface area contributed by atoms with Crippen LogP contribution in [0.25, 0.3) is 6.08 Å². The van der Waals surface area contributed by atoms with Crippen molar-refractivity contribution < 1.29 is 79.3 Å². The third kappa shape index (κ3) is 7.86. The number of carbonyl (C=O) groups excluding carboxylic acids is 2. The van der Waals surface area contributed by atoms with Gasteiger partial charge in [-0.15, -0.1) is 0 Å². The van der Waals surface area contributed by atoms with Crippen molar-refractivity contribution in [3.05, 3.63) is 101 Å². The number of fused-ring (bicyclic) bond motifs is 1. The smallest absolute Gasteiger partial charge is 0.345 e. The second-order valence-electron chi connectivity index (χ2n) is 11.6. The molecular formula is C36H30O16. The monoisotopic (exact) mass is 718 g/mol. The number of hydrogen-bond donors (Lipinski definition) is 9. The first kappa shape index (κ1) is 36.2. The predicted molar refractivity (Wildman–Crippen MR) is 175 cm³/mol. The summed E-state index contributed by atoms with van der Waals surface area (Å²) in [5, 5.41) is 89.1. The molecule has 270 valence electrons. The highest BCUT2D eigenvalue weighted by Gasteiger charge is 2.46. The van der Waals surface area contributed by atoms with Crippen LogP contribution in [0.2, 0.25) is 0 Å². The summed E-state index contributed by atoms with van der Waals surface area (Å²) in [6.45, 7) is 0. The average molecular weight is 719 g/mol. The predicted octanol–water partition coefficient (Wildman–Crippen LogP) is 3.33.